The second-order valence-corrected chi connectivity index (χ2v) is 6.95. The largest absolute Gasteiger partial charge is 0.486 e. The minimum Gasteiger partial charge on any atom is -0.486 e. The van der Waals surface area contributed by atoms with Gasteiger partial charge in [-0.2, -0.15) is 0 Å². The number of nitrogens with zero attached hydrogens (tertiary/aromatic N) is 1. The molecule has 8 heteroatoms. The summed E-state index contributed by atoms with van der Waals surface area (Å²) in [7, 11) is 0. The number of benzene rings is 1. The number of hydrogen-bond donors (Lipinski definition) is 3. The predicted molar refractivity (Wildman–Crippen MR) is 102 cm³/mol. The van der Waals surface area contributed by atoms with Crippen molar-refractivity contribution in [3.05, 3.63) is 59.1 Å². The first kappa shape index (κ1) is 17.3. The Balaban J connectivity index is 1.41. The third kappa shape index (κ3) is 3.86. The summed E-state index contributed by atoms with van der Waals surface area (Å²) in [6, 6.07) is 13.2. The zero-order chi connectivity index (χ0) is 18.6. The molecule has 0 spiro atoms. The molecule has 1 aromatic carbocycles. The Morgan fingerprint density at radius 3 is 2.74 bits per heavy atom. The molecule has 1 aliphatic rings. The highest BCUT2D eigenvalue weighted by Gasteiger charge is 2.12. The van der Waals surface area contributed by atoms with Crippen LogP contribution in [0, 0.1) is 0 Å². The van der Waals surface area contributed by atoms with Crippen molar-refractivity contribution < 1.29 is 19.5 Å². The van der Waals surface area contributed by atoms with Crippen LogP contribution in [0.25, 0.3) is 10.6 Å². The molecule has 138 valence electrons. The van der Waals surface area contributed by atoms with Crippen LogP contribution in [0.2, 0.25) is 0 Å². The Kier molecular flexibility index (Phi) is 4.91. The van der Waals surface area contributed by atoms with E-state index in [0.29, 0.717) is 24.6 Å². The lowest BCUT2D eigenvalue weighted by Crippen LogP contribution is -2.16. The van der Waals surface area contributed by atoms with Gasteiger partial charge in [-0.25, -0.2) is 5.48 Å². The first-order chi connectivity index (χ1) is 13.2. The number of rotatable bonds is 5. The van der Waals surface area contributed by atoms with Crippen LogP contribution in [0.3, 0.4) is 0 Å². The van der Waals surface area contributed by atoms with Gasteiger partial charge in [0.15, 0.2) is 11.5 Å². The molecule has 0 fully saturated rings. The van der Waals surface area contributed by atoms with E-state index in [2.05, 4.69) is 10.3 Å². The second kappa shape index (κ2) is 7.65. The zero-order valence-corrected chi connectivity index (χ0v) is 15.1. The Labute approximate surface area is 159 Å². The van der Waals surface area contributed by atoms with Gasteiger partial charge in [0.1, 0.15) is 13.2 Å². The van der Waals surface area contributed by atoms with Gasteiger partial charge < -0.3 is 14.8 Å². The van der Waals surface area contributed by atoms with Crippen LogP contribution in [0.5, 0.6) is 11.5 Å². The van der Waals surface area contributed by atoms with E-state index in [0.717, 1.165) is 33.3 Å². The molecule has 27 heavy (non-hydrogen) atoms. The highest BCUT2D eigenvalue weighted by Crippen LogP contribution is 2.31. The highest BCUT2D eigenvalue weighted by molar-refractivity contribution is 7.17. The molecule has 0 saturated heterocycles. The lowest BCUT2D eigenvalue weighted by Gasteiger charge is -2.19. The fraction of sp³-hybridized carbons (Fsp3) is 0.158. The first-order valence-corrected chi connectivity index (χ1v) is 9.18. The van der Waals surface area contributed by atoms with Crippen LogP contribution in [0.15, 0.2) is 48.7 Å². The van der Waals surface area contributed by atoms with Gasteiger partial charge in [0.2, 0.25) is 0 Å². The molecule has 2 aromatic heterocycles. The average molecular weight is 383 g/mol. The van der Waals surface area contributed by atoms with Gasteiger partial charge in [0.05, 0.1) is 27.3 Å². The summed E-state index contributed by atoms with van der Waals surface area (Å²) >= 11 is 1.27. The molecule has 0 unspecified atom stereocenters. The number of nitrogens with one attached hydrogen (secondary N) is 2. The Morgan fingerprint density at radius 2 is 1.96 bits per heavy atom. The molecule has 7 nitrogen and oxygen atoms in total. The van der Waals surface area contributed by atoms with E-state index in [-0.39, 0.29) is 0 Å². The molecule has 1 aliphatic heterocycles. The number of hydrogen-bond acceptors (Lipinski definition) is 7. The topological polar surface area (TPSA) is 92.7 Å². The minimum absolute atomic E-state index is 0.426. The van der Waals surface area contributed by atoms with E-state index in [1.165, 1.54) is 11.3 Å². The number of hydroxylamine groups is 1. The summed E-state index contributed by atoms with van der Waals surface area (Å²) in [6.07, 6.45) is 1.75. The number of thiophene rings is 1. The van der Waals surface area contributed by atoms with E-state index in [1.807, 2.05) is 30.3 Å². The van der Waals surface area contributed by atoms with Crippen LogP contribution in [-0.2, 0) is 6.54 Å². The van der Waals surface area contributed by atoms with Crippen molar-refractivity contribution in [1.29, 1.82) is 0 Å². The van der Waals surface area contributed by atoms with Gasteiger partial charge in [0.25, 0.3) is 5.91 Å². The third-order valence-electron chi connectivity index (χ3n) is 4.05. The fourth-order valence-corrected chi connectivity index (χ4v) is 3.57. The van der Waals surface area contributed by atoms with Crippen molar-refractivity contribution >= 4 is 22.9 Å². The SMILES string of the molecule is O=C(NO)c1ccc(-c2ccc(NCc3ccc4c(c3)OCCO4)cn2)s1. The van der Waals surface area contributed by atoms with Crippen LogP contribution in [-0.4, -0.2) is 29.3 Å². The molecule has 3 aromatic rings. The van der Waals surface area contributed by atoms with Gasteiger partial charge in [-0.15, -0.1) is 11.3 Å². The quantitative estimate of drug-likeness (QED) is 0.462. The Hall–Kier alpha value is -3.10. The summed E-state index contributed by atoms with van der Waals surface area (Å²) in [5, 5.41) is 12.0. The molecular weight excluding hydrogens is 366 g/mol. The van der Waals surface area contributed by atoms with Crippen LogP contribution in [0.1, 0.15) is 15.2 Å². The van der Waals surface area contributed by atoms with Crippen molar-refractivity contribution in [1.82, 2.24) is 10.5 Å². The van der Waals surface area contributed by atoms with Crippen molar-refractivity contribution in [2.45, 2.75) is 6.54 Å². The second-order valence-electron chi connectivity index (χ2n) is 5.87. The zero-order valence-electron chi connectivity index (χ0n) is 14.3. The number of aromatic nitrogens is 1. The van der Waals surface area contributed by atoms with Gasteiger partial charge in [-0.05, 0) is 42.0 Å². The standard InChI is InChI=1S/C19H17N3O4S/c23-19(22-24)18-6-5-17(27-18)14-3-2-13(11-21-14)20-10-12-1-4-15-16(9-12)26-8-7-25-15/h1-6,9,11,20,24H,7-8,10H2,(H,22,23). The van der Waals surface area contributed by atoms with Crippen LogP contribution < -0.4 is 20.3 Å². The monoisotopic (exact) mass is 383 g/mol. The Morgan fingerprint density at radius 1 is 1.11 bits per heavy atom. The summed E-state index contributed by atoms with van der Waals surface area (Å²) in [5.74, 6) is 1.03. The average Bonchev–Trinajstić information content (AvgIpc) is 3.22. The normalized spacial score (nSPS) is 12.5. The van der Waals surface area contributed by atoms with Crippen LogP contribution in [0.4, 0.5) is 5.69 Å². The van der Waals surface area contributed by atoms with Crippen molar-refractivity contribution in [3.8, 4) is 22.1 Å². The Bertz CT molecular complexity index is 956. The fourth-order valence-electron chi connectivity index (χ4n) is 2.70. The minimum atomic E-state index is -0.524. The van der Waals surface area contributed by atoms with E-state index < -0.39 is 5.91 Å². The molecule has 3 heterocycles. The molecular formula is C19H17N3O4S. The van der Waals surface area contributed by atoms with Gasteiger partial charge in [-0.3, -0.25) is 15.0 Å². The van der Waals surface area contributed by atoms with Crippen molar-refractivity contribution in [2.24, 2.45) is 0 Å². The predicted octanol–water partition coefficient (Wildman–Crippen LogP) is 3.31. The summed E-state index contributed by atoms with van der Waals surface area (Å²) in [5.41, 5.74) is 4.37. The van der Waals surface area contributed by atoms with Gasteiger partial charge >= 0.3 is 0 Å². The first-order valence-electron chi connectivity index (χ1n) is 8.36. The molecule has 4 rings (SSSR count). The van der Waals surface area contributed by atoms with Crippen molar-refractivity contribution in [3.63, 3.8) is 0 Å². The molecule has 3 N–H and O–H groups in total. The highest BCUT2D eigenvalue weighted by atomic mass is 32.1. The lowest BCUT2D eigenvalue weighted by molar-refractivity contribution is 0.0711. The summed E-state index contributed by atoms with van der Waals surface area (Å²) in [4.78, 5) is 17.1. The number of amides is 1. The van der Waals surface area contributed by atoms with Crippen molar-refractivity contribution in [2.75, 3.05) is 18.5 Å². The third-order valence-corrected chi connectivity index (χ3v) is 5.16. The van der Waals surface area contributed by atoms with Crippen LogP contribution >= 0.6 is 11.3 Å². The maximum Gasteiger partial charge on any atom is 0.284 e. The maximum absolute atomic E-state index is 11.4. The summed E-state index contributed by atoms with van der Waals surface area (Å²) in [6.45, 7) is 1.79. The maximum atomic E-state index is 11.4. The molecule has 0 aliphatic carbocycles. The lowest BCUT2D eigenvalue weighted by atomic mass is 10.2. The summed E-state index contributed by atoms with van der Waals surface area (Å²) < 4.78 is 11.1. The van der Waals surface area contributed by atoms with E-state index >= 15 is 0 Å². The van der Waals surface area contributed by atoms with E-state index in [9.17, 15) is 4.79 Å². The smallest absolute Gasteiger partial charge is 0.284 e. The number of pyridine rings is 1. The van der Waals surface area contributed by atoms with E-state index in [4.69, 9.17) is 14.7 Å². The van der Waals surface area contributed by atoms with Gasteiger partial charge in [-0.1, -0.05) is 6.07 Å². The van der Waals surface area contributed by atoms with E-state index in [1.54, 1.807) is 23.8 Å². The number of anilines is 1. The molecule has 0 radical (unpaired) electrons. The number of carbonyl (C=O) groups is 1. The molecule has 0 bridgehead atoms. The molecule has 0 saturated carbocycles. The number of fused-ring (bicyclic) bond motifs is 1. The molecule has 1 amide bonds. The number of ether oxygens (including phenoxy) is 2. The van der Waals surface area contributed by atoms with Gasteiger partial charge in [0, 0.05) is 6.54 Å². The molecule has 0 atom stereocenters. The number of carbonyl (C=O) groups excluding carboxylic acids is 1.